The van der Waals surface area contributed by atoms with Gasteiger partial charge in [0.15, 0.2) is 0 Å². The predicted octanol–water partition coefficient (Wildman–Crippen LogP) is 3.92. The molecule has 0 fully saturated rings. The number of anilines is 2. The number of rotatable bonds is 3. The van der Waals surface area contributed by atoms with Crippen molar-refractivity contribution >= 4 is 27.3 Å². The molecule has 0 aromatic heterocycles. The minimum absolute atomic E-state index is 0.272. The minimum Gasteiger partial charge on any atom is -0.399 e. The molecule has 0 heterocycles. The Labute approximate surface area is 112 Å². The largest absolute Gasteiger partial charge is 0.399 e. The quantitative estimate of drug-likeness (QED) is 0.843. The molecule has 0 unspecified atom stereocenters. The zero-order valence-electron chi connectivity index (χ0n) is 9.38. The van der Waals surface area contributed by atoms with Gasteiger partial charge in [-0.2, -0.15) is 0 Å². The van der Waals surface area contributed by atoms with Crippen LogP contribution >= 0.6 is 15.9 Å². The van der Waals surface area contributed by atoms with Crippen LogP contribution in [-0.4, -0.2) is 0 Å². The summed E-state index contributed by atoms with van der Waals surface area (Å²) in [7, 11) is 0. The molecule has 0 aliphatic heterocycles. The second-order valence-electron chi connectivity index (χ2n) is 3.83. The van der Waals surface area contributed by atoms with Crippen LogP contribution in [0.15, 0.2) is 40.9 Å². The maximum absolute atomic E-state index is 13.4. The predicted molar refractivity (Wildman–Crippen MR) is 72.2 cm³/mol. The van der Waals surface area contributed by atoms with Gasteiger partial charge in [-0.25, -0.2) is 8.78 Å². The van der Waals surface area contributed by atoms with Crippen molar-refractivity contribution in [2.45, 2.75) is 6.54 Å². The molecule has 0 aliphatic rings. The molecule has 0 atom stereocenters. The van der Waals surface area contributed by atoms with Crippen molar-refractivity contribution in [2.75, 3.05) is 11.1 Å². The first-order chi connectivity index (χ1) is 8.56. The van der Waals surface area contributed by atoms with Crippen LogP contribution in [0.4, 0.5) is 20.2 Å². The van der Waals surface area contributed by atoms with E-state index in [-0.39, 0.29) is 6.54 Å². The van der Waals surface area contributed by atoms with E-state index in [1.54, 1.807) is 18.2 Å². The second kappa shape index (κ2) is 5.35. The highest BCUT2D eigenvalue weighted by atomic mass is 79.9. The van der Waals surface area contributed by atoms with Crippen molar-refractivity contribution in [2.24, 2.45) is 0 Å². The Balaban J connectivity index is 2.11. The first-order valence-electron chi connectivity index (χ1n) is 5.29. The van der Waals surface area contributed by atoms with Gasteiger partial charge in [0.05, 0.1) is 0 Å². The average molecular weight is 313 g/mol. The molecule has 2 aromatic carbocycles. The number of halogens is 3. The lowest BCUT2D eigenvalue weighted by Crippen LogP contribution is -2.03. The molecule has 5 heteroatoms. The Morgan fingerprint density at radius 1 is 1.11 bits per heavy atom. The van der Waals surface area contributed by atoms with Gasteiger partial charge in [-0.3, -0.25) is 0 Å². The highest BCUT2D eigenvalue weighted by molar-refractivity contribution is 9.10. The Morgan fingerprint density at radius 3 is 2.56 bits per heavy atom. The fourth-order valence-corrected chi connectivity index (χ4v) is 2.07. The molecule has 2 aromatic rings. The van der Waals surface area contributed by atoms with Crippen molar-refractivity contribution in [3.8, 4) is 0 Å². The number of benzene rings is 2. The summed E-state index contributed by atoms with van der Waals surface area (Å²) in [5, 5.41) is 3.05. The molecule has 0 aliphatic carbocycles. The van der Waals surface area contributed by atoms with E-state index in [1.165, 1.54) is 12.1 Å². The number of hydrogen-bond donors (Lipinski definition) is 2. The van der Waals surface area contributed by atoms with Crippen molar-refractivity contribution in [3.63, 3.8) is 0 Å². The van der Waals surface area contributed by atoms with Crippen LogP contribution in [0.1, 0.15) is 5.56 Å². The molecule has 0 saturated heterocycles. The topological polar surface area (TPSA) is 38.0 Å². The summed E-state index contributed by atoms with van der Waals surface area (Å²) in [5.74, 6) is -1.14. The summed E-state index contributed by atoms with van der Waals surface area (Å²) in [6, 6.07) is 8.81. The molecule has 2 nitrogen and oxygen atoms in total. The van der Waals surface area contributed by atoms with Crippen LogP contribution in [-0.2, 0) is 6.54 Å². The maximum Gasteiger partial charge on any atom is 0.131 e. The Bertz CT molecular complexity index is 521. The van der Waals surface area contributed by atoms with Crippen molar-refractivity contribution in [1.29, 1.82) is 0 Å². The van der Waals surface area contributed by atoms with Crippen LogP contribution in [0.2, 0.25) is 0 Å². The summed E-state index contributed by atoms with van der Waals surface area (Å²) in [5.41, 5.74) is 7.46. The second-order valence-corrected chi connectivity index (χ2v) is 4.68. The molecule has 94 valence electrons. The third-order valence-corrected chi connectivity index (χ3v) is 3.13. The highest BCUT2D eigenvalue weighted by Gasteiger charge is 2.05. The smallest absolute Gasteiger partial charge is 0.131 e. The lowest BCUT2D eigenvalue weighted by molar-refractivity contribution is 0.574. The third-order valence-electron chi connectivity index (χ3n) is 2.48. The number of hydrogen-bond acceptors (Lipinski definition) is 2. The van der Waals surface area contributed by atoms with Crippen LogP contribution in [0.3, 0.4) is 0 Å². The highest BCUT2D eigenvalue weighted by Crippen LogP contribution is 2.25. The zero-order valence-corrected chi connectivity index (χ0v) is 11.0. The molecule has 0 amide bonds. The first-order valence-corrected chi connectivity index (χ1v) is 6.08. The Kier molecular flexibility index (Phi) is 3.81. The van der Waals surface area contributed by atoms with Gasteiger partial charge < -0.3 is 11.1 Å². The van der Waals surface area contributed by atoms with Gasteiger partial charge in [0.25, 0.3) is 0 Å². The molecule has 18 heavy (non-hydrogen) atoms. The van der Waals surface area contributed by atoms with E-state index < -0.39 is 11.6 Å². The van der Waals surface area contributed by atoms with Gasteiger partial charge in [-0.05, 0) is 40.2 Å². The molecular formula is C13H11BrF2N2. The van der Waals surface area contributed by atoms with Crippen molar-refractivity contribution in [3.05, 3.63) is 58.1 Å². The lowest BCUT2D eigenvalue weighted by Gasteiger charge is -2.10. The molecule has 0 saturated carbocycles. The van der Waals surface area contributed by atoms with E-state index in [1.807, 2.05) is 0 Å². The number of nitrogens with two attached hydrogens (primary N) is 1. The first kappa shape index (κ1) is 12.8. The normalized spacial score (nSPS) is 10.4. The molecule has 3 N–H and O–H groups in total. The van der Waals surface area contributed by atoms with E-state index >= 15 is 0 Å². The fraction of sp³-hybridized carbons (Fsp3) is 0.0769. The summed E-state index contributed by atoms with van der Waals surface area (Å²) in [4.78, 5) is 0. The van der Waals surface area contributed by atoms with Crippen LogP contribution < -0.4 is 11.1 Å². The van der Waals surface area contributed by atoms with Gasteiger partial charge in [0.2, 0.25) is 0 Å². The van der Waals surface area contributed by atoms with E-state index in [0.29, 0.717) is 11.3 Å². The molecule has 0 bridgehead atoms. The van der Waals surface area contributed by atoms with Gasteiger partial charge in [0, 0.05) is 34.0 Å². The lowest BCUT2D eigenvalue weighted by atomic mass is 10.2. The standard InChI is InChI=1S/C13H11BrF2N2/c14-11-6-10(17)3-4-13(11)18-7-8-1-2-9(15)5-12(8)16/h1-6,18H,7,17H2. The summed E-state index contributed by atoms with van der Waals surface area (Å²) in [6.45, 7) is 0.272. The monoisotopic (exact) mass is 312 g/mol. The van der Waals surface area contributed by atoms with Crippen molar-refractivity contribution < 1.29 is 8.78 Å². The SMILES string of the molecule is Nc1ccc(NCc2ccc(F)cc2F)c(Br)c1. The average Bonchev–Trinajstić information content (AvgIpc) is 2.30. The van der Waals surface area contributed by atoms with Gasteiger partial charge in [-0.15, -0.1) is 0 Å². The fourth-order valence-electron chi connectivity index (χ4n) is 1.53. The third kappa shape index (κ3) is 2.98. The summed E-state index contributed by atoms with van der Waals surface area (Å²) < 4.78 is 26.9. The van der Waals surface area contributed by atoms with Crippen LogP contribution in [0.5, 0.6) is 0 Å². The van der Waals surface area contributed by atoms with Gasteiger partial charge in [-0.1, -0.05) is 6.07 Å². The van der Waals surface area contributed by atoms with Crippen LogP contribution in [0.25, 0.3) is 0 Å². The Hall–Kier alpha value is -1.62. The summed E-state index contributed by atoms with van der Waals surface area (Å²) >= 11 is 3.35. The minimum atomic E-state index is -0.579. The summed E-state index contributed by atoms with van der Waals surface area (Å²) in [6.07, 6.45) is 0. The zero-order chi connectivity index (χ0) is 13.1. The Morgan fingerprint density at radius 2 is 1.89 bits per heavy atom. The maximum atomic E-state index is 13.4. The van der Waals surface area contributed by atoms with E-state index in [4.69, 9.17) is 5.73 Å². The molecule has 0 radical (unpaired) electrons. The molecular weight excluding hydrogens is 302 g/mol. The molecule has 0 spiro atoms. The number of nitrogens with one attached hydrogen (secondary N) is 1. The van der Waals surface area contributed by atoms with Crippen LogP contribution in [0, 0.1) is 11.6 Å². The van der Waals surface area contributed by atoms with E-state index in [0.717, 1.165) is 16.2 Å². The van der Waals surface area contributed by atoms with Gasteiger partial charge >= 0.3 is 0 Å². The number of nitrogen functional groups attached to an aromatic ring is 1. The van der Waals surface area contributed by atoms with Crippen molar-refractivity contribution in [1.82, 2.24) is 0 Å². The molecule has 2 rings (SSSR count). The van der Waals surface area contributed by atoms with E-state index in [9.17, 15) is 8.78 Å². The van der Waals surface area contributed by atoms with Gasteiger partial charge in [0.1, 0.15) is 11.6 Å². The van der Waals surface area contributed by atoms with E-state index in [2.05, 4.69) is 21.2 Å².